The highest BCUT2D eigenvalue weighted by Gasteiger charge is 2.12. The van der Waals surface area contributed by atoms with Crippen molar-refractivity contribution < 1.29 is 9.18 Å². The number of nitriles is 1. The average Bonchev–Trinajstić information content (AvgIpc) is 2.46. The van der Waals surface area contributed by atoms with Crippen LogP contribution in [0.15, 0.2) is 34.8 Å². The number of carbonyl (C=O) groups excluding carboxylic acids is 1. The van der Waals surface area contributed by atoms with Gasteiger partial charge in [-0.15, -0.1) is 0 Å². The predicted molar refractivity (Wildman–Crippen MR) is 83.0 cm³/mol. The minimum Gasteiger partial charge on any atom is -0.322 e. The van der Waals surface area contributed by atoms with Gasteiger partial charge in [-0.3, -0.25) is 4.79 Å². The van der Waals surface area contributed by atoms with Gasteiger partial charge in [0.1, 0.15) is 5.82 Å². The molecule has 3 nitrogen and oxygen atoms in total. The Balaban J connectivity index is 2.33. The lowest BCUT2D eigenvalue weighted by atomic mass is 10.1. The smallest absolute Gasteiger partial charge is 0.255 e. The maximum atomic E-state index is 13.7. The van der Waals surface area contributed by atoms with Crippen LogP contribution in [0.4, 0.5) is 10.1 Å². The summed E-state index contributed by atoms with van der Waals surface area (Å²) < 4.78 is 14.3. The van der Waals surface area contributed by atoms with Crippen LogP contribution in [-0.2, 0) is 0 Å². The first-order valence-electron chi connectivity index (χ1n) is 5.89. The molecule has 0 spiro atoms. The van der Waals surface area contributed by atoms with Gasteiger partial charge >= 0.3 is 0 Å². The van der Waals surface area contributed by atoms with E-state index >= 15 is 0 Å². The number of hydrogen-bond donors (Lipinski definition) is 1. The number of rotatable bonds is 2. The zero-order chi connectivity index (χ0) is 15.6. The number of benzene rings is 2. The number of anilines is 1. The molecule has 0 saturated carbocycles. The van der Waals surface area contributed by atoms with Crippen molar-refractivity contribution in [2.45, 2.75) is 6.92 Å². The highest BCUT2D eigenvalue weighted by Crippen LogP contribution is 2.25. The van der Waals surface area contributed by atoms with Crippen LogP contribution in [0.3, 0.4) is 0 Å². The standard InChI is InChI=1S/C15H9BrClFN2O/c1-8-13(18)4-9(7-19)5-14(8)20-15(21)10-2-3-12(17)11(16)6-10/h2-6H,1H3,(H,20,21). The molecule has 2 aromatic rings. The molecule has 0 heterocycles. The molecule has 0 atom stereocenters. The Morgan fingerprint density at radius 1 is 1.38 bits per heavy atom. The lowest BCUT2D eigenvalue weighted by Gasteiger charge is -2.10. The number of amides is 1. The first-order valence-corrected chi connectivity index (χ1v) is 7.06. The lowest BCUT2D eigenvalue weighted by Crippen LogP contribution is -2.13. The van der Waals surface area contributed by atoms with Crippen molar-refractivity contribution in [3.8, 4) is 6.07 Å². The van der Waals surface area contributed by atoms with Crippen molar-refractivity contribution >= 4 is 39.1 Å². The molecule has 2 rings (SSSR count). The van der Waals surface area contributed by atoms with Crippen molar-refractivity contribution in [1.82, 2.24) is 0 Å². The Kier molecular flexibility index (Phi) is 4.61. The quantitative estimate of drug-likeness (QED) is 0.838. The third kappa shape index (κ3) is 3.41. The van der Waals surface area contributed by atoms with E-state index in [1.54, 1.807) is 18.2 Å². The van der Waals surface area contributed by atoms with Crippen molar-refractivity contribution in [1.29, 1.82) is 5.26 Å². The summed E-state index contributed by atoms with van der Waals surface area (Å²) in [5, 5.41) is 11.9. The second-order valence-electron chi connectivity index (χ2n) is 4.33. The molecule has 0 aliphatic rings. The zero-order valence-electron chi connectivity index (χ0n) is 10.9. The van der Waals surface area contributed by atoms with Crippen molar-refractivity contribution in [3.05, 3.63) is 62.3 Å². The van der Waals surface area contributed by atoms with Crippen molar-refractivity contribution in [2.24, 2.45) is 0 Å². The third-order valence-corrected chi connectivity index (χ3v) is 4.12. The lowest BCUT2D eigenvalue weighted by molar-refractivity contribution is 0.102. The number of halogens is 3. The van der Waals surface area contributed by atoms with Crippen molar-refractivity contribution in [3.63, 3.8) is 0 Å². The molecular weight excluding hydrogens is 359 g/mol. The molecule has 1 amide bonds. The molecule has 0 aliphatic heterocycles. The van der Waals surface area contributed by atoms with Gasteiger partial charge in [0.2, 0.25) is 0 Å². The average molecular weight is 368 g/mol. The number of nitrogens with one attached hydrogen (secondary N) is 1. The topological polar surface area (TPSA) is 52.9 Å². The molecule has 0 aromatic heterocycles. The maximum absolute atomic E-state index is 13.7. The summed E-state index contributed by atoms with van der Waals surface area (Å²) in [6.45, 7) is 1.53. The Morgan fingerprint density at radius 3 is 2.71 bits per heavy atom. The summed E-state index contributed by atoms with van der Waals surface area (Å²) in [4.78, 5) is 12.2. The monoisotopic (exact) mass is 366 g/mol. The second kappa shape index (κ2) is 6.25. The van der Waals surface area contributed by atoms with Gasteiger partial charge in [-0.25, -0.2) is 4.39 Å². The normalized spacial score (nSPS) is 10.0. The van der Waals surface area contributed by atoms with Gasteiger partial charge in [-0.2, -0.15) is 5.26 Å². The molecule has 2 aromatic carbocycles. The summed E-state index contributed by atoms with van der Waals surface area (Å²) >= 11 is 9.10. The Hall–Kier alpha value is -1.90. The Morgan fingerprint density at radius 2 is 2.10 bits per heavy atom. The van der Waals surface area contributed by atoms with E-state index in [1.807, 2.05) is 6.07 Å². The van der Waals surface area contributed by atoms with Gasteiger partial charge in [-0.05, 0) is 53.2 Å². The molecule has 6 heteroatoms. The molecule has 0 unspecified atom stereocenters. The first-order chi connectivity index (χ1) is 9.92. The number of hydrogen-bond acceptors (Lipinski definition) is 2. The maximum Gasteiger partial charge on any atom is 0.255 e. The minimum absolute atomic E-state index is 0.144. The van der Waals surface area contributed by atoms with E-state index in [2.05, 4.69) is 21.2 Å². The van der Waals surface area contributed by atoms with E-state index in [0.29, 0.717) is 15.1 Å². The van der Waals surface area contributed by atoms with E-state index in [9.17, 15) is 9.18 Å². The molecule has 106 valence electrons. The van der Waals surface area contributed by atoms with Crippen LogP contribution in [0.1, 0.15) is 21.5 Å². The van der Waals surface area contributed by atoms with Gasteiger partial charge < -0.3 is 5.32 Å². The molecular formula is C15H9BrClFN2O. The Labute approximate surface area is 134 Å². The van der Waals surface area contributed by atoms with Crippen LogP contribution in [0.25, 0.3) is 0 Å². The van der Waals surface area contributed by atoms with Gasteiger partial charge in [0.25, 0.3) is 5.91 Å². The Bertz CT molecular complexity index is 771. The van der Waals surface area contributed by atoms with Crippen LogP contribution >= 0.6 is 27.5 Å². The molecule has 1 N–H and O–H groups in total. The van der Waals surface area contributed by atoms with Crippen LogP contribution < -0.4 is 5.32 Å². The number of carbonyl (C=O) groups is 1. The van der Waals surface area contributed by atoms with Crippen LogP contribution in [0, 0.1) is 24.1 Å². The summed E-state index contributed by atoms with van der Waals surface area (Å²) in [6, 6.07) is 9.12. The first kappa shape index (κ1) is 15.5. The summed E-state index contributed by atoms with van der Waals surface area (Å²) in [5.41, 5.74) is 1.05. The van der Waals surface area contributed by atoms with Gasteiger partial charge in [0, 0.05) is 21.3 Å². The summed E-state index contributed by atoms with van der Waals surface area (Å²) in [6.07, 6.45) is 0. The highest BCUT2D eigenvalue weighted by atomic mass is 79.9. The predicted octanol–water partition coefficient (Wildman–Crippen LogP) is 4.67. The molecule has 0 fully saturated rings. The third-order valence-electron chi connectivity index (χ3n) is 2.90. The summed E-state index contributed by atoms with van der Waals surface area (Å²) in [7, 11) is 0. The zero-order valence-corrected chi connectivity index (χ0v) is 13.2. The highest BCUT2D eigenvalue weighted by molar-refractivity contribution is 9.10. The van der Waals surface area contributed by atoms with Gasteiger partial charge in [-0.1, -0.05) is 11.6 Å². The molecule has 0 radical (unpaired) electrons. The van der Waals surface area contributed by atoms with E-state index in [4.69, 9.17) is 16.9 Å². The van der Waals surface area contributed by atoms with Crippen LogP contribution in [-0.4, -0.2) is 5.91 Å². The van der Waals surface area contributed by atoms with E-state index in [1.165, 1.54) is 13.0 Å². The SMILES string of the molecule is Cc1c(F)cc(C#N)cc1NC(=O)c1ccc(Cl)c(Br)c1. The fraction of sp³-hybridized carbons (Fsp3) is 0.0667. The van der Waals surface area contributed by atoms with Crippen LogP contribution in [0.5, 0.6) is 0 Å². The summed E-state index contributed by atoms with van der Waals surface area (Å²) in [5.74, 6) is -0.952. The molecule has 21 heavy (non-hydrogen) atoms. The number of nitrogens with zero attached hydrogens (tertiary/aromatic N) is 1. The minimum atomic E-state index is -0.540. The van der Waals surface area contributed by atoms with Gasteiger partial charge in [0.15, 0.2) is 0 Å². The molecule has 0 bridgehead atoms. The fourth-order valence-corrected chi connectivity index (χ4v) is 2.20. The fourth-order valence-electron chi connectivity index (χ4n) is 1.71. The second-order valence-corrected chi connectivity index (χ2v) is 5.59. The molecule has 0 aliphatic carbocycles. The largest absolute Gasteiger partial charge is 0.322 e. The van der Waals surface area contributed by atoms with E-state index < -0.39 is 11.7 Å². The van der Waals surface area contributed by atoms with E-state index in [0.717, 1.165) is 6.07 Å². The van der Waals surface area contributed by atoms with Gasteiger partial charge in [0.05, 0.1) is 16.7 Å². The van der Waals surface area contributed by atoms with E-state index in [-0.39, 0.29) is 16.8 Å². The molecule has 0 saturated heterocycles. The van der Waals surface area contributed by atoms with Crippen molar-refractivity contribution in [2.75, 3.05) is 5.32 Å². The van der Waals surface area contributed by atoms with Crippen LogP contribution in [0.2, 0.25) is 5.02 Å².